The van der Waals surface area contributed by atoms with Gasteiger partial charge in [-0.3, -0.25) is 4.79 Å². The Kier molecular flexibility index (Phi) is 5.63. The molecule has 1 unspecified atom stereocenters. The summed E-state index contributed by atoms with van der Waals surface area (Å²) in [7, 11) is 3.18. The smallest absolute Gasteiger partial charge is 0.244 e. The second-order valence-electron chi connectivity index (χ2n) is 7.62. The summed E-state index contributed by atoms with van der Waals surface area (Å²) >= 11 is 0. The van der Waals surface area contributed by atoms with E-state index in [1.54, 1.807) is 20.3 Å². The molecule has 1 amide bonds. The number of hydrogen-bond donors (Lipinski definition) is 1. The molecule has 5 nitrogen and oxygen atoms in total. The third-order valence-electron chi connectivity index (χ3n) is 4.78. The van der Waals surface area contributed by atoms with Crippen LogP contribution < -0.4 is 19.5 Å². The topological polar surface area (TPSA) is 56.8 Å². The first kappa shape index (κ1) is 19.8. The Balaban J connectivity index is 1.75. The van der Waals surface area contributed by atoms with E-state index in [0.29, 0.717) is 17.9 Å². The van der Waals surface area contributed by atoms with E-state index >= 15 is 0 Å². The third-order valence-corrected chi connectivity index (χ3v) is 4.78. The van der Waals surface area contributed by atoms with Crippen LogP contribution in [0.15, 0.2) is 42.5 Å². The average molecular weight is 381 g/mol. The molecule has 5 heteroatoms. The van der Waals surface area contributed by atoms with Crippen LogP contribution in [0.1, 0.15) is 43.0 Å². The second-order valence-corrected chi connectivity index (χ2v) is 7.62. The van der Waals surface area contributed by atoms with Gasteiger partial charge in [-0.2, -0.15) is 0 Å². The molecule has 0 aliphatic carbocycles. The zero-order valence-electron chi connectivity index (χ0n) is 17.0. The molecule has 0 aromatic heterocycles. The van der Waals surface area contributed by atoms with Crippen LogP contribution in [0.5, 0.6) is 17.2 Å². The van der Waals surface area contributed by atoms with Crippen molar-refractivity contribution in [3.05, 3.63) is 59.2 Å². The Morgan fingerprint density at radius 2 is 1.89 bits per heavy atom. The molecule has 1 heterocycles. The molecule has 0 bridgehead atoms. The average Bonchev–Trinajstić information content (AvgIpc) is 2.64. The molecule has 1 atom stereocenters. The summed E-state index contributed by atoms with van der Waals surface area (Å²) in [6.07, 6.45) is 4.01. The molecule has 0 radical (unpaired) electrons. The monoisotopic (exact) mass is 381 g/mol. The van der Waals surface area contributed by atoms with Gasteiger partial charge in [0, 0.05) is 18.1 Å². The normalized spacial score (nSPS) is 17.5. The second kappa shape index (κ2) is 7.97. The van der Waals surface area contributed by atoms with Crippen molar-refractivity contribution in [2.24, 2.45) is 0 Å². The molecule has 0 saturated carbocycles. The summed E-state index contributed by atoms with van der Waals surface area (Å²) < 4.78 is 16.6. The van der Waals surface area contributed by atoms with E-state index in [1.807, 2.05) is 57.2 Å². The molecule has 1 N–H and O–H groups in total. The lowest BCUT2D eigenvalue weighted by Gasteiger charge is -2.38. The van der Waals surface area contributed by atoms with Crippen molar-refractivity contribution in [1.82, 2.24) is 5.32 Å². The highest BCUT2D eigenvalue weighted by Crippen LogP contribution is 2.39. The maximum atomic E-state index is 12.6. The number of amides is 1. The van der Waals surface area contributed by atoms with Gasteiger partial charge in [0.2, 0.25) is 5.91 Å². The van der Waals surface area contributed by atoms with E-state index in [4.69, 9.17) is 14.2 Å². The van der Waals surface area contributed by atoms with Crippen LogP contribution in [0, 0.1) is 6.92 Å². The van der Waals surface area contributed by atoms with Crippen LogP contribution in [-0.4, -0.2) is 25.7 Å². The summed E-state index contributed by atoms with van der Waals surface area (Å²) in [4.78, 5) is 12.6. The predicted octanol–water partition coefficient (Wildman–Crippen LogP) is 4.44. The van der Waals surface area contributed by atoms with E-state index in [-0.39, 0.29) is 17.6 Å². The Morgan fingerprint density at radius 1 is 1.14 bits per heavy atom. The minimum absolute atomic E-state index is 0.0955. The molecule has 0 fully saturated rings. The van der Waals surface area contributed by atoms with Gasteiger partial charge >= 0.3 is 0 Å². The van der Waals surface area contributed by atoms with Crippen LogP contribution >= 0.6 is 0 Å². The van der Waals surface area contributed by atoms with Gasteiger partial charge < -0.3 is 19.5 Å². The summed E-state index contributed by atoms with van der Waals surface area (Å²) in [5.41, 5.74) is 2.66. The van der Waals surface area contributed by atoms with Gasteiger partial charge in [0.15, 0.2) is 11.5 Å². The highest BCUT2D eigenvalue weighted by molar-refractivity contribution is 5.92. The van der Waals surface area contributed by atoms with Crippen LogP contribution in [0.4, 0.5) is 0 Å². The molecular weight excluding hydrogens is 354 g/mol. The quantitative estimate of drug-likeness (QED) is 0.778. The van der Waals surface area contributed by atoms with Crippen LogP contribution in [0.25, 0.3) is 6.08 Å². The minimum Gasteiger partial charge on any atom is -0.493 e. The third kappa shape index (κ3) is 4.47. The summed E-state index contributed by atoms with van der Waals surface area (Å²) in [6.45, 7) is 6.11. The van der Waals surface area contributed by atoms with Gasteiger partial charge in [0.05, 0.1) is 20.3 Å². The summed E-state index contributed by atoms with van der Waals surface area (Å²) in [6, 6.07) is 11.5. The van der Waals surface area contributed by atoms with E-state index < -0.39 is 0 Å². The Labute approximate surface area is 166 Å². The lowest BCUT2D eigenvalue weighted by molar-refractivity contribution is -0.117. The number of carbonyl (C=O) groups is 1. The number of rotatable bonds is 5. The zero-order valence-corrected chi connectivity index (χ0v) is 17.0. The van der Waals surface area contributed by atoms with Crippen LogP contribution in [-0.2, 0) is 4.79 Å². The van der Waals surface area contributed by atoms with E-state index in [0.717, 1.165) is 22.4 Å². The number of nitrogens with one attached hydrogen (secondary N) is 1. The number of methoxy groups -OCH3 is 2. The first-order chi connectivity index (χ1) is 13.3. The van der Waals surface area contributed by atoms with Crippen LogP contribution in [0.3, 0.4) is 0 Å². The lowest BCUT2D eigenvalue weighted by Crippen LogP contribution is -2.40. The maximum Gasteiger partial charge on any atom is 0.244 e. The van der Waals surface area contributed by atoms with Crippen molar-refractivity contribution in [3.8, 4) is 17.2 Å². The van der Waals surface area contributed by atoms with Crippen molar-refractivity contribution >= 4 is 12.0 Å². The highest BCUT2D eigenvalue weighted by atomic mass is 16.5. The highest BCUT2D eigenvalue weighted by Gasteiger charge is 2.34. The Bertz CT molecular complexity index is 901. The Morgan fingerprint density at radius 3 is 2.61 bits per heavy atom. The van der Waals surface area contributed by atoms with Crippen molar-refractivity contribution in [3.63, 3.8) is 0 Å². The molecular formula is C23H27NO4. The van der Waals surface area contributed by atoms with Crippen molar-refractivity contribution in [1.29, 1.82) is 0 Å². The summed E-state index contributed by atoms with van der Waals surface area (Å²) in [5, 5.41) is 3.11. The number of aryl methyl sites for hydroxylation is 1. The SMILES string of the molecule is COc1ccc(/C=C/C(=O)NC2CC(C)(C)Oc3cc(C)ccc32)cc1OC. The molecule has 0 saturated heterocycles. The van der Waals surface area contributed by atoms with E-state index in [9.17, 15) is 4.79 Å². The number of fused-ring (bicyclic) bond motifs is 1. The number of carbonyl (C=O) groups excluding carboxylic acids is 1. The molecule has 3 rings (SSSR count). The summed E-state index contributed by atoms with van der Waals surface area (Å²) in [5.74, 6) is 1.97. The fourth-order valence-corrected chi connectivity index (χ4v) is 3.44. The lowest BCUT2D eigenvalue weighted by atomic mass is 9.89. The van der Waals surface area contributed by atoms with Gasteiger partial charge in [-0.1, -0.05) is 18.2 Å². The molecule has 1 aliphatic rings. The first-order valence-corrected chi connectivity index (χ1v) is 9.31. The molecule has 2 aromatic carbocycles. The fourth-order valence-electron chi connectivity index (χ4n) is 3.44. The predicted molar refractivity (Wildman–Crippen MR) is 110 cm³/mol. The number of hydrogen-bond acceptors (Lipinski definition) is 4. The fraction of sp³-hybridized carbons (Fsp3) is 0.348. The molecule has 148 valence electrons. The van der Waals surface area contributed by atoms with Crippen molar-refractivity contribution < 1.29 is 19.0 Å². The molecule has 1 aliphatic heterocycles. The standard InChI is InChI=1S/C23H27NO4/c1-15-6-9-17-18(14-23(2,3)28-20(17)12-15)24-22(25)11-8-16-7-10-19(26-4)21(13-16)27-5/h6-13,18H,14H2,1-5H3,(H,24,25)/b11-8+. The first-order valence-electron chi connectivity index (χ1n) is 9.31. The van der Waals surface area contributed by atoms with E-state index in [2.05, 4.69) is 5.32 Å². The van der Waals surface area contributed by atoms with E-state index in [1.165, 1.54) is 6.08 Å². The van der Waals surface area contributed by atoms with Gasteiger partial charge in [-0.25, -0.2) is 0 Å². The number of benzene rings is 2. The van der Waals surface area contributed by atoms with Crippen LogP contribution in [0.2, 0.25) is 0 Å². The van der Waals surface area contributed by atoms with Gasteiger partial charge in [0.25, 0.3) is 0 Å². The molecule has 28 heavy (non-hydrogen) atoms. The van der Waals surface area contributed by atoms with Crippen molar-refractivity contribution in [2.45, 2.75) is 38.8 Å². The van der Waals surface area contributed by atoms with Gasteiger partial charge in [-0.15, -0.1) is 0 Å². The Hall–Kier alpha value is -2.95. The largest absolute Gasteiger partial charge is 0.493 e. The molecule has 2 aromatic rings. The van der Waals surface area contributed by atoms with Crippen molar-refractivity contribution in [2.75, 3.05) is 14.2 Å². The van der Waals surface area contributed by atoms with Gasteiger partial charge in [0.1, 0.15) is 11.4 Å². The molecule has 0 spiro atoms. The maximum absolute atomic E-state index is 12.6. The minimum atomic E-state index is -0.341. The zero-order chi connectivity index (χ0) is 20.3. The number of ether oxygens (including phenoxy) is 3. The van der Waals surface area contributed by atoms with Gasteiger partial charge in [-0.05, 0) is 56.2 Å².